The number of nitrogens with one attached hydrogen (secondary N) is 1. The second kappa shape index (κ2) is 5.89. The zero-order valence-electron chi connectivity index (χ0n) is 12.1. The Bertz CT molecular complexity index is 656. The SMILES string of the molecule is CC(C)(C)Oc1nc(Nc2ccc(F)c(Br)c2)ccc1N. The first-order chi connectivity index (χ1) is 9.74. The second-order valence-corrected chi connectivity index (χ2v) is 6.41. The van der Waals surface area contributed by atoms with E-state index in [1.54, 1.807) is 24.3 Å². The van der Waals surface area contributed by atoms with Gasteiger partial charge in [-0.25, -0.2) is 4.39 Å². The number of anilines is 3. The van der Waals surface area contributed by atoms with Gasteiger partial charge in [0.25, 0.3) is 0 Å². The minimum Gasteiger partial charge on any atom is -0.470 e. The highest BCUT2D eigenvalue weighted by Crippen LogP contribution is 2.27. The lowest BCUT2D eigenvalue weighted by Crippen LogP contribution is -2.24. The Morgan fingerprint density at radius 2 is 1.95 bits per heavy atom. The lowest BCUT2D eigenvalue weighted by Gasteiger charge is -2.21. The van der Waals surface area contributed by atoms with E-state index in [1.807, 2.05) is 20.8 Å². The molecule has 0 saturated carbocycles. The van der Waals surface area contributed by atoms with Crippen LogP contribution in [0, 0.1) is 5.82 Å². The minimum atomic E-state index is -0.390. The van der Waals surface area contributed by atoms with Crippen LogP contribution in [0.25, 0.3) is 0 Å². The number of nitrogen functional groups attached to an aromatic ring is 1. The number of aromatic nitrogens is 1. The molecule has 0 amide bonds. The van der Waals surface area contributed by atoms with Gasteiger partial charge in [0.05, 0.1) is 10.2 Å². The van der Waals surface area contributed by atoms with Gasteiger partial charge in [-0.05, 0) is 67.0 Å². The normalized spacial score (nSPS) is 11.3. The Balaban J connectivity index is 2.24. The number of halogens is 2. The maximum Gasteiger partial charge on any atom is 0.239 e. The van der Waals surface area contributed by atoms with Crippen LogP contribution in [0.4, 0.5) is 21.6 Å². The maximum absolute atomic E-state index is 13.2. The number of rotatable bonds is 3. The van der Waals surface area contributed by atoms with Crippen molar-refractivity contribution in [3.8, 4) is 5.88 Å². The van der Waals surface area contributed by atoms with Gasteiger partial charge in [0, 0.05) is 5.69 Å². The van der Waals surface area contributed by atoms with Crippen LogP contribution >= 0.6 is 15.9 Å². The van der Waals surface area contributed by atoms with Gasteiger partial charge in [-0.2, -0.15) is 4.98 Å². The molecule has 1 aromatic heterocycles. The highest BCUT2D eigenvalue weighted by atomic mass is 79.9. The topological polar surface area (TPSA) is 60.2 Å². The third kappa shape index (κ3) is 4.32. The van der Waals surface area contributed by atoms with Crippen molar-refractivity contribution < 1.29 is 9.13 Å². The molecular weight excluding hydrogens is 337 g/mol. The summed E-state index contributed by atoms with van der Waals surface area (Å²) in [5.74, 6) is 0.623. The maximum atomic E-state index is 13.2. The van der Waals surface area contributed by atoms with Crippen LogP contribution in [0.3, 0.4) is 0 Å². The lowest BCUT2D eigenvalue weighted by molar-refractivity contribution is 0.125. The third-order valence-corrected chi connectivity index (χ3v) is 3.09. The molecule has 0 radical (unpaired) electrons. The molecule has 0 spiro atoms. The van der Waals surface area contributed by atoms with E-state index in [4.69, 9.17) is 10.5 Å². The summed E-state index contributed by atoms with van der Waals surface area (Å²) in [6, 6.07) is 8.09. The van der Waals surface area contributed by atoms with Gasteiger partial charge in [0.2, 0.25) is 5.88 Å². The zero-order valence-corrected chi connectivity index (χ0v) is 13.7. The van der Waals surface area contributed by atoms with Crippen molar-refractivity contribution in [2.24, 2.45) is 0 Å². The molecule has 0 bridgehead atoms. The predicted octanol–water partition coefficient (Wildman–Crippen LogP) is 4.49. The Labute approximate surface area is 131 Å². The van der Waals surface area contributed by atoms with Crippen LogP contribution in [-0.2, 0) is 0 Å². The van der Waals surface area contributed by atoms with Crippen molar-refractivity contribution in [3.63, 3.8) is 0 Å². The number of benzene rings is 1. The molecule has 0 aliphatic heterocycles. The first kappa shape index (κ1) is 15.6. The van der Waals surface area contributed by atoms with Crippen molar-refractivity contribution in [2.45, 2.75) is 26.4 Å². The molecule has 0 saturated heterocycles. The summed E-state index contributed by atoms with van der Waals surface area (Å²) in [4.78, 5) is 4.34. The molecule has 21 heavy (non-hydrogen) atoms. The fourth-order valence-corrected chi connectivity index (χ4v) is 1.99. The fourth-order valence-electron chi connectivity index (χ4n) is 1.61. The van der Waals surface area contributed by atoms with Gasteiger partial charge in [-0.3, -0.25) is 0 Å². The molecule has 112 valence electrons. The second-order valence-electron chi connectivity index (χ2n) is 5.56. The van der Waals surface area contributed by atoms with Crippen LogP contribution in [0.2, 0.25) is 0 Å². The highest BCUT2D eigenvalue weighted by molar-refractivity contribution is 9.10. The highest BCUT2D eigenvalue weighted by Gasteiger charge is 2.15. The summed E-state index contributed by atoms with van der Waals surface area (Å²) < 4.78 is 19.3. The van der Waals surface area contributed by atoms with Crippen molar-refractivity contribution in [1.82, 2.24) is 4.98 Å². The van der Waals surface area contributed by atoms with Crippen LogP contribution in [-0.4, -0.2) is 10.6 Å². The van der Waals surface area contributed by atoms with Crippen LogP contribution in [0.5, 0.6) is 5.88 Å². The number of hydrogen-bond donors (Lipinski definition) is 2. The van der Waals surface area contributed by atoms with Crippen molar-refractivity contribution in [1.29, 1.82) is 0 Å². The largest absolute Gasteiger partial charge is 0.470 e. The van der Waals surface area contributed by atoms with E-state index < -0.39 is 5.60 Å². The summed E-state index contributed by atoms with van der Waals surface area (Å²) in [6.45, 7) is 5.77. The van der Waals surface area contributed by atoms with Gasteiger partial charge >= 0.3 is 0 Å². The molecule has 0 aliphatic carbocycles. The molecule has 2 aromatic rings. The summed E-state index contributed by atoms with van der Waals surface area (Å²) >= 11 is 3.15. The summed E-state index contributed by atoms with van der Waals surface area (Å²) in [5.41, 5.74) is 6.65. The smallest absolute Gasteiger partial charge is 0.239 e. The molecular formula is C15H17BrFN3O. The summed E-state index contributed by atoms with van der Waals surface area (Å²) in [6.07, 6.45) is 0. The number of ether oxygens (including phenoxy) is 1. The van der Waals surface area contributed by atoms with Gasteiger partial charge in [-0.15, -0.1) is 0 Å². The van der Waals surface area contributed by atoms with E-state index in [0.717, 1.165) is 0 Å². The number of nitrogens with two attached hydrogens (primary N) is 1. The van der Waals surface area contributed by atoms with Crippen molar-refractivity contribution in [3.05, 3.63) is 40.6 Å². The van der Waals surface area contributed by atoms with E-state index in [2.05, 4.69) is 26.2 Å². The molecule has 0 unspecified atom stereocenters. The van der Waals surface area contributed by atoms with Crippen molar-refractivity contribution in [2.75, 3.05) is 11.1 Å². The Morgan fingerprint density at radius 3 is 2.57 bits per heavy atom. The third-order valence-electron chi connectivity index (χ3n) is 2.48. The first-order valence-corrected chi connectivity index (χ1v) is 7.21. The average molecular weight is 354 g/mol. The lowest BCUT2D eigenvalue weighted by atomic mass is 10.2. The molecule has 0 atom stereocenters. The quantitative estimate of drug-likeness (QED) is 0.853. The molecule has 1 aromatic carbocycles. The predicted molar refractivity (Wildman–Crippen MR) is 86.4 cm³/mol. The van der Waals surface area contributed by atoms with Crippen LogP contribution in [0.1, 0.15) is 20.8 Å². The van der Waals surface area contributed by atoms with E-state index in [-0.39, 0.29) is 5.82 Å². The summed E-state index contributed by atoms with van der Waals surface area (Å²) in [7, 11) is 0. The summed E-state index contributed by atoms with van der Waals surface area (Å²) in [5, 5.41) is 3.08. The molecule has 3 N–H and O–H groups in total. The Morgan fingerprint density at radius 1 is 1.24 bits per heavy atom. The Hall–Kier alpha value is -1.82. The minimum absolute atomic E-state index is 0.317. The van der Waals surface area contributed by atoms with Crippen molar-refractivity contribution >= 4 is 33.1 Å². The van der Waals surface area contributed by atoms with E-state index in [1.165, 1.54) is 6.07 Å². The van der Waals surface area contributed by atoms with E-state index >= 15 is 0 Å². The van der Waals surface area contributed by atoms with Crippen LogP contribution < -0.4 is 15.8 Å². The fraction of sp³-hybridized carbons (Fsp3) is 0.267. The van der Waals surface area contributed by atoms with E-state index in [0.29, 0.717) is 27.5 Å². The number of hydrogen-bond acceptors (Lipinski definition) is 4. The zero-order chi connectivity index (χ0) is 15.6. The molecule has 6 heteroatoms. The molecule has 0 aliphatic rings. The molecule has 4 nitrogen and oxygen atoms in total. The first-order valence-electron chi connectivity index (χ1n) is 6.42. The van der Waals surface area contributed by atoms with Gasteiger partial charge < -0.3 is 15.8 Å². The van der Waals surface area contributed by atoms with E-state index in [9.17, 15) is 4.39 Å². The molecule has 2 rings (SSSR count). The monoisotopic (exact) mass is 353 g/mol. The number of pyridine rings is 1. The van der Waals surface area contributed by atoms with Gasteiger partial charge in [0.15, 0.2) is 0 Å². The number of nitrogens with zero attached hydrogens (tertiary/aromatic N) is 1. The standard InChI is InChI=1S/C15H17BrFN3O/c1-15(2,3)21-14-12(18)6-7-13(20-14)19-9-4-5-11(17)10(16)8-9/h4-8H,18H2,1-3H3,(H,19,20). The average Bonchev–Trinajstić information content (AvgIpc) is 2.36. The Kier molecular flexibility index (Phi) is 4.37. The molecule has 1 heterocycles. The van der Waals surface area contributed by atoms with Gasteiger partial charge in [-0.1, -0.05) is 0 Å². The molecule has 0 fully saturated rings. The van der Waals surface area contributed by atoms with Gasteiger partial charge in [0.1, 0.15) is 17.2 Å². The van der Waals surface area contributed by atoms with Crippen LogP contribution in [0.15, 0.2) is 34.8 Å².